The van der Waals surface area contributed by atoms with Gasteiger partial charge < -0.3 is 9.64 Å². The lowest BCUT2D eigenvalue weighted by Gasteiger charge is -2.42. The first kappa shape index (κ1) is 15.4. The van der Waals surface area contributed by atoms with E-state index < -0.39 is 0 Å². The summed E-state index contributed by atoms with van der Waals surface area (Å²) in [6.45, 7) is 4.94. The van der Waals surface area contributed by atoms with E-state index >= 15 is 0 Å². The minimum atomic E-state index is 0.276. The highest BCUT2D eigenvalue weighted by Gasteiger charge is 2.45. The smallest absolute Gasteiger partial charge is 0.132 e. The first-order valence-corrected chi connectivity index (χ1v) is 8.64. The molecule has 1 unspecified atom stereocenters. The number of aryl methyl sites for hydroxylation is 1. The second-order valence-electron chi connectivity index (χ2n) is 6.93. The molecule has 4 heterocycles. The molecule has 0 amide bonds. The standard InChI is InChI=1S/C18H23N5O/c1-14-8-17(22-13-21-14)23-5-2-18(3-6-23)4-7-24-16(18)9-15-10-19-12-20-11-15/h8,10-13,16H,2-7,9H2,1H3. The molecule has 6 heteroatoms. The number of ether oxygens (including phenoxy) is 1. The van der Waals surface area contributed by atoms with Gasteiger partial charge in [0.1, 0.15) is 18.5 Å². The topological polar surface area (TPSA) is 64.0 Å². The molecule has 0 N–H and O–H groups in total. The van der Waals surface area contributed by atoms with Crippen LogP contribution in [0.5, 0.6) is 0 Å². The van der Waals surface area contributed by atoms with Crippen molar-refractivity contribution in [1.29, 1.82) is 0 Å². The third-order valence-electron chi connectivity index (χ3n) is 5.51. The number of rotatable bonds is 3. The number of hydrogen-bond acceptors (Lipinski definition) is 6. The molecule has 2 aromatic heterocycles. The molecule has 0 radical (unpaired) electrons. The Kier molecular flexibility index (Phi) is 4.14. The number of hydrogen-bond donors (Lipinski definition) is 0. The highest BCUT2D eigenvalue weighted by Crippen LogP contribution is 2.45. The van der Waals surface area contributed by atoms with Gasteiger partial charge in [-0.05, 0) is 31.7 Å². The third-order valence-corrected chi connectivity index (χ3v) is 5.51. The van der Waals surface area contributed by atoms with Crippen molar-refractivity contribution < 1.29 is 4.74 Å². The van der Waals surface area contributed by atoms with Crippen LogP contribution in [0.4, 0.5) is 5.82 Å². The highest BCUT2D eigenvalue weighted by molar-refractivity contribution is 5.39. The van der Waals surface area contributed by atoms with Crippen molar-refractivity contribution in [2.45, 2.75) is 38.7 Å². The Morgan fingerprint density at radius 3 is 2.67 bits per heavy atom. The van der Waals surface area contributed by atoms with Crippen molar-refractivity contribution >= 4 is 5.82 Å². The van der Waals surface area contributed by atoms with Crippen molar-refractivity contribution in [3.8, 4) is 0 Å². The molecule has 0 aliphatic carbocycles. The second kappa shape index (κ2) is 6.43. The van der Waals surface area contributed by atoms with Gasteiger partial charge in [-0.25, -0.2) is 19.9 Å². The first-order chi connectivity index (χ1) is 11.8. The summed E-state index contributed by atoms with van der Waals surface area (Å²) in [5, 5.41) is 0. The van der Waals surface area contributed by atoms with Crippen LogP contribution in [0.3, 0.4) is 0 Å². The molecule has 2 aliphatic rings. The molecule has 2 aromatic rings. The Balaban J connectivity index is 1.45. The van der Waals surface area contributed by atoms with E-state index in [0.29, 0.717) is 0 Å². The fourth-order valence-electron chi connectivity index (χ4n) is 4.03. The van der Waals surface area contributed by atoms with Crippen molar-refractivity contribution in [3.63, 3.8) is 0 Å². The molecule has 2 aliphatic heterocycles. The Bertz CT molecular complexity index is 685. The molecule has 126 valence electrons. The van der Waals surface area contributed by atoms with E-state index in [0.717, 1.165) is 62.5 Å². The number of anilines is 1. The molecule has 4 rings (SSSR count). The lowest BCUT2D eigenvalue weighted by Crippen LogP contribution is -2.45. The molecule has 6 nitrogen and oxygen atoms in total. The normalized spacial score (nSPS) is 22.9. The maximum absolute atomic E-state index is 6.11. The Morgan fingerprint density at radius 1 is 1.12 bits per heavy atom. The van der Waals surface area contributed by atoms with Gasteiger partial charge in [-0.2, -0.15) is 0 Å². The molecule has 1 atom stereocenters. The zero-order chi connectivity index (χ0) is 16.4. The van der Waals surface area contributed by atoms with Gasteiger partial charge in [0.25, 0.3) is 0 Å². The largest absolute Gasteiger partial charge is 0.377 e. The molecule has 24 heavy (non-hydrogen) atoms. The SMILES string of the molecule is Cc1cc(N2CCC3(CCOC3Cc3cncnc3)CC2)ncn1. The van der Waals surface area contributed by atoms with E-state index in [1.165, 1.54) is 0 Å². The predicted octanol–water partition coefficient (Wildman–Crippen LogP) is 2.19. The first-order valence-electron chi connectivity index (χ1n) is 8.64. The summed E-state index contributed by atoms with van der Waals surface area (Å²) in [5.41, 5.74) is 2.47. The highest BCUT2D eigenvalue weighted by atomic mass is 16.5. The number of nitrogens with zero attached hydrogens (tertiary/aromatic N) is 5. The van der Waals surface area contributed by atoms with Gasteiger partial charge in [-0.3, -0.25) is 0 Å². The lowest BCUT2D eigenvalue weighted by atomic mass is 9.71. The number of aromatic nitrogens is 4. The molecular formula is C18H23N5O. The van der Waals surface area contributed by atoms with Gasteiger partial charge in [0.2, 0.25) is 0 Å². The van der Waals surface area contributed by atoms with E-state index in [-0.39, 0.29) is 11.5 Å². The van der Waals surface area contributed by atoms with Crippen LogP contribution in [0.15, 0.2) is 31.1 Å². The number of piperidine rings is 1. The van der Waals surface area contributed by atoms with Crippen molar-refractivity contribution in [2.75, 3.05) is 24.6 Å². The zero-order valence-electron chi connectivity index (χ0n) is 14.1. The van der Waals surface area contributed by atoms with Gasteiger partial charge >= 0.3 is 0 Å². The second-order valence-corrected chi connectivity index (χ2v) is 6.93. The van der Waals surface area contributed by atoms with Crippen LogP contribution in [0, 0.1) is 12.3 Å². The van der Waals surface area contributed by atoms with Gasteiger partial charge in [0.15, 0.2) is 0 Å². The minimum absolute atomic E-state index is 0.276. The monoisotopic (exact) mass is 325 g/mol. The molecule has 0 saturated carbocycles. The fraction of sp³-hybridized carbons (Fsp3) is 0.556. The fourth-order valence-corrected chi connectivity index (χ4v) is 4.03. The van der Waals surface area contributed by atoms with Crippen molar-refractivity contribution in [2.24, 2.45) is 5.41 Å². The van der Waals surface area contributed by atoms with Gasteiger partial charge in [-0.15, -0.1) is 0 Å². The quantitative estimate of drug-likeness (QED) is 0.862. The molecule has 2 fully saturated rings. The molecular weight excluding hydrogens is 302 g/mol. The lowest BCUT2D eigenvalue weighted by molar-refractivity contribution is 0.0355. The molecule has 2 saturated heterocycles. The van der Waals surface area contributed by atoms with Crippen LogP contribution in [0.25, 0.3) is 0 Å². The van der Waals surface area contributed by atoms with Crippen LogP contribution >= 0.6 is 0 Å². The summed E-state index contributed by atoms with van der Waals surface area (Å²) >= 11 is 0. The van der Waals surface area contributed by atoms with Crippen LogP contribution < -0.4 is 4.90 Å². The molecule has 1 spiro atoms. The summed E-state index contributed by atoms with van der Waals surface area (Å²) in [6, 6.07) is 2.07. The predicted molar refractivity (Wildman–Crippen MR) is 90.7 cm³/mol. The van der Waals surface area contributed by atoms with Gasteiger partial charge in [0, 0.05) is 55.7 Å². The van der Waals surface area contributed by atoms with Gasteiger partial charge in [0.05, 0.1) is 6.10 Å². The molecule has 0 bridgehead atoms. The van der Waals surface area contributed by atoms with Crippen LogP contribution in [0.2, 0.25) is 0 Å². The van der Waals surface area contributed by atoms with Crippen molar-refractivity contribution in [1.82, 2.24) is 19.9 Å². The van der Waals surface area contributed by atoms with Crippen LogP contribution in [-0.2, 0) is 11.2 Å². The minimum Gasteiger partial charge on any atom is -0.377 e. The van der Waals surface area contributed by atoms with Crippen LogP contribution in [0.1, 0.15) is 30.5 Å². The Morgan fingerprint density at radius 2 is 1.92 bits per heavy atom. The van der Waals surface area contributed by atoms with Gasteiger partial charge in [-0.1, -0.05) is 0 Å². The summed E-state index contributed by atoms with van der Waals surface area (Å²) in [6.07, 6.45) is 11.7. The van der Waals surface area contributed by atoms with E-state index in [9.17, 15) is 0 Å². The van der Waals surface area contributed by atoms with Crippen molar-refractivity contribution in [3.05, 3.63) is 42.4 Å². The summed E-state index contributed by atoms with van der Waals surface area (Å²) < 4.78 is 6.11. The Labute approximate surface area is 142 Å². The third kappa shape index (κ3) is 2.98. The maximum Gasteiger partial charge on any atom is 0.132 e. The van der Waals surface area contributed by atoms with E-state index in [4.69, 9.17) is 4.74 Å². The molecule has 0 aromatic carbocycles. The summed E-state index contributed by atoms with van der Waals surface area (Å²) in [4.78, 5) is 19.3. The Hall–Kier alpha value is -2.08. The van der Waals surface area contributed by atoms with E-state index in [1.54, 1.807) is 12.7 Å². The average Bonchev–Trinajstić information content (AvgIpc) is 2.98. The summed E-state index contributed by atoms with van der Waals surface area (Å²) in [7, 11) is 0. The average molecular weight is 325 g/mol. The zero-order valence-corrected chi connectivity index (χ0v) is 14.1. The van der Waals surface area contributed by atoms with Crippen LogP contribution in [-0.4, -0.2) is 45.7 Å². The maximum atomic E-state index is 6.11. The van der Waals surface area contributed by atoms with E-state index in [2.05, 4.69) is 30.9 Å². The summed E-state index contributed by atoms with van der Waals surface area (Å²) in [5.74, 6) is 1.05. The van der Waals surface area contributed by atoms with E-state index in [1.807, 2.05) is 19.3 Å².